The molecule has 20 heavy (non-hydrogen) atoms. The van der Waals surface area contributed by atoms with Crippen molar-refractivity contribution in [3.05, 3.63) is 28.2 Å². The summed E-state index contributed by atoms with van der Waals surface area (Å²) in [5.74, 6) is -0.0268. The van der Waals surface area contributed by atoms with Crippen molar-refractivity contribution in [3.8, 4) is 6.07 Å². The number of aryl methyl sites for hydroxylation is 1. The van der Waals surface area contributed by atoms with Crippen molar-refractivity contribution >= 4 is 27.5 Å². The van der Waals surface area contributed by atoms with E-state index in [1.165, 1.54) is 0 Å². The van der Waals surface area contributed by atoms with Gasteiger partial charge in [-0.2, -0.15) is 5.26 Å². The molecule has 0 radical (unpaired) electrons. The van der Waals surface area contributed by atoms with Crippen LogP contribution in [0, 0.1) is 18.3 Å². The fourth-order valence-electron chi connectivity index (χ4n) is 2.48. The molecular weight excluding hydrogens is 318 g/mol. The number of anilines is 1. The number of hydrogen-bond acceptors (Lipinski definition) is 3. The molecule has 0 spiro atoms. The largest absolute Gasteiger partial charge is 0.307 e. The predicted molar refractivity (Wildman–Crippen MR) is 82.5 cm³/mol. The lowest BCUT2D eigenvalue weighted by Gasteiger charge is -2.29. The van der Waals surface area contributed by atoms with Gasteiger partial charge in [0, 0.05) is 10.5 Å². The van der Waals surface area contributed by atoms with Gasteiger partial charge in [-0.1, -0.05) is 6.07 Å². The van der Waals surface area contributed by atoms with Crippen LogP contribution >= 0.6 is 15.9 Å². The standard InChI is InChI=1S/C15H18BrN3O/c1-10-3-4-14(12(16)9-10)19-11(2)6-8-18-13(5-7-17)15(19)20/h3-4,9,11,13,18H,5-6,8H2,1-2H3. The van der Waals surface area contributed by atoms with E-state index in [0.717, 1.165) is 28.7 Å². The van der Waals surface area contributed by atoms with Gasteiger partial charge in [-0.25, -0.2) is 0 Å². The quantitative estimate of drug-likeness (QED) is 0.904. The molecule has 0 aliphatic carbocycles. The second-order valence-electron chi connectivity index (χ2n) is 5.17. The molecule has 1 aliphatic rings. The number of amides is 1. The summed E-state index contributed by atoms with van der Waals surface area (Å²) in [5.41, 5.74) is 2.02. The summed E-state index contributed by atoms with van der Waals surface area (Å²) in [7, 11) is 0. The molecule has 0 bridgehead atoms. The molecule has 1 N–H and O–H groups in total. The average molecular weight is 336 g/mol. The molecule has 4 nitrogen and oxygen atoms in total. The molecule has 1 fully saturated rings. The fraction of sp³-hybridized carbons (Fsp3) is 0.467. The molecule has 1 aliphatic heterocycles. The van der Waals surface area contributed by atoms with Gasteiger partial charge >= 0.3 is 0 Å². The van der Waals surface area contributed by atoms with Crippen molar-refractivity contribution in [2.45, 2.75) is 38.8 Å². The Morgan fingerprint density at radius 1 is 1.55 bits per heavy atom. The summed E-state index contributed by atoms with van der Waals surface area (Å²) in [5, 5.41) is 12.0. The maximum absolute atomic E-state index is 12.7. The molecule has 2 atom stereocenters. The second kappa shape index (κ2) is 6.38. The van der Waals surface area contributed by atoms with Gasteiger partial charge < -0.3 is 10.2 Å². The summed E-state index contributed by atoms with van der Waals surface area (Å²) < 4.78 is 0.912. The maximum atomic E-state index is 12.7. The van der Waals surface area contributed by atoms with Crippen molar-refractivity contribution in [1.82, 2.24) is 5.32 Å². The Labute approximate surface area is 127 Å². The lowest BCUT2D eigenvalue weighted by molar-refractivity contribution is -0.120. The van der Waals surface area contributed by atoms with Crippen molar-refractivity contribution < 1.29 is 4.79 Å². The van der Waals surface area contributed by atoms with Crippen LogP contribution in [-0.2, 0) is 4.79 Å². The molecule has 0 saturated carbocycles. The highest BCUT2D eigenvalue weighted by Gasteiger charge is 2.32. The Kier molecular flexibility index (Phi) is 4.79. The van der Waals surface area contributed by atoms with Crippen LogP contribution in [0.25, 0.3) is 0 Å². The number of benzene rings is 1. The van der Waals surface area contributed by atoms with E-state index in [-0.39, 0.29) is 18.4 Å². The van der Waals surface area contributed by atoms with Crippen LogP contribution in [0.15, 0.2) is 22.7 Å². The first kappa shape index (κ1) is 15.0. The van der Waals surface area contributed by atoms with Crippen LogP contribution in [0.5, 0.6) is 0 Å². The molecule has 1 aromatic carbocycles. The Morgan fingerprint density at radius 2 is 2.30 bits per heavy atom. The van der Waals surface area contributed by atoms with E-state index in [0.29, 0.717) is 0 Å². The number of hydrogen-bond donors (Lipinski definition) is 1. The second-order valence-corrected chi connectivity index (χ2v) is 6.02. The number of rotatable bonds is 2. The van der Waals surface area contributed by atoms with Gasteiger partial charge in [-0.05, 0) is 60.4 Å². The minimum atomic E-state index is -0.418. The highest BCUT2D eigenvalue weighted by Crippen LogP contribution is 2.31. The third-order valence-corrected chi connectivity index (χ3v) is 4.22. The molecule has 2 unspecified atom stereocenters. The van der Waals surface area contributed by atoms with E-state index in [1.807, 2.05) is 36.9 Å². The summed E-state index contributed by atoms with van der Waals surface area (Å²) in [6, 6.07) is 7.74. The zero-order chi connectivity index (χ0) is 14.7. The monoisotopic (exact) mass is 335 g/mol. The molecule has 1 saturated heterocycles. The zero-order valence-corrected chi connectivity index (χ0v) is 13.3. The van der Waals surface area contributed by atoms with Crippen LogP contribution in [0.4, 0.5) is 5.69 Å². The van der Waals surface area contributed by atoms with Crippen molar-refractivity contribution in [3.63, 3.8) is 0 Å². The first-order valence-electron chi connectivity index (χ1n) is 6.74. The van der Waals surface area contributed by atoms with Crippen molar-refractivity contribution in [1.29, 1.82) is 5.26 Å². The smallest absolute Gasteiger partial charge is 0.245 e. The first-order valence-corrected chi connectivity index (χ1v) is 7.53. The van der Waals surface area contributed by atoms with Crippen LogP contribution in [0.3, 0.4) is 0 Å². The molecular formula is C15H18BrN3O. The van der Waals surface area contributed by atoms with Crippen LogP contribution < -0.4 is 10.2 Å². The van der Waals surface area contributed by atoms with Gasteiger partial charge in [0.25, 0.3) is 0 Å². The number of carbonyl (C=O) groups excluding carboxylic acids is 1. The predicted octanol–water partition coefficient (Wildman–Crippen LogP) is 2.75. The third-order valence-electron chi connectivity index (χ3n) is 3.59. The van der Waals surface area contributed by atoms with E-state index in [9.17, 15) is 4.79 Å². The molecule has 1 aromatic rings. The Morgan fingerprint density at radius 3 is 2.95 bits per heavy atom. The van der Waals surface area contributed by atoms with E-state index in [2.05, 4.69) is 27.3 Å². The van der Waals surface area contributed by atoms with Gasteiger partial charge in [-0.15, -0.1) is 0 Å². The molecule has 1 heterocycles. The molecule has 106 valence electrons. The summed E-state index contributed by atoms with van der Waals surface area (Å²) in [6.45, 7) is 4.81. The topological polar surface area (TPSA) is 56.1 Å². The van der Waals surface area contributed by atoms with Crippen LogP contribution in [-0.4, -0.2) is 24.5 Å². The minimum Gasteiger partial charge on any atom is -0.307 e. The van der Waals surface area contributed by atoms with Crippen LogP contribution in [0.1, 0.15) is 25.3 Å². The van der Waals surface area contributed by atoms with Crippen molar-refractivity contribution in [2.24, 2.45) is 0 Å². The van der Waals surface area contributed by atoms with E-state index in [1.54, 1.807) is 0 Å². The zero-order valence-electron chi connectivity index (χ0n) is 11.7. The first-order chi connectivity index (χ1) is 9.54. The molecule has 5 heteroatoms. The SMILES string of the molecule is Cc1ccc(N2C(=O)C(CC#N)NCCC2C)c(Br)c1. The minimum absolute atomic E-state index is 0.0268. The average Bonchev–Trinajstić information content (AvgIpc) is 2.52. The number of nitrogens with one attached hydrogen (secondary N) is 1. The Bertz CT molecular complexity index is 553. The normalized spacial score (nSPS) is 23.3. The summed E-state index contributed by atoms with van der Waals surface area (Å²) in [4.78, 5) is 14.5. The maximum Gasteiger partial charge on any atom is 0.245 e. The van der Waals surface area contributed by atoms with Gasteiger partial charge in [0.2, 0.25) is 5.91 Å². The third kappa shape index (κ3) is 3.02. The van der Waals surface area contributed by atoms with E-state index < -0.39 is 6.04 Å². The molecule has 0 aromatic heterocycles. The number of halogens is 1. The summed E-state index contributed by atoms with van der Waals surface area (Å²) >= 11 is 3.54. The molecule has 1 amide bonds. The van der Waals surface area contributed by atoms with Crippen molar-refractivity contribution in [2.75, 3.05) is 11.4 Å². The number of nitriles is 1. The van der Waals surface area contributed by atoms with Crippen LogP contribution in [0.2, 0.25) is 0 Å². The summed E-state index contributed by atoms with van der Waals surface area (Å²) in [6.07, 6.45) is 1.07. The van der Waals surface area contributed by atoms with Gasteiger partial charge in [0.15, 0.2) is 0 Å². The Hall–Kier alpha value is -1.38. The molecule has 2 rings (SSSR count). The lowest BCUT2D eigenvalue weighted by atomic mass is 10.1. The van der Waals surface area contributed by atoms with Gasteiger partial charge in [-0.3, -0.25) is 4.79 Å². The number of carbonyl (C=O) groups is 1. The number of nitrogens with zero attached hydrogens (tertiary/aromatic N) is 2. The highest BCUT2D eigenvalue weighted by molar-refractivity contribution is 9.10. The highest BCUT2D eigenvalue weighted by atomic mass is 79.9. The van der Waals surface area contributed by atoms with Gasteiger partial charge in [0.05, 0.1) is 18.2 Å². The lowest BCUT2D eigenvalue weighted by Crippen LogP contribution is -2.46. The van der Waals surface area contributed by atoms with Gasteiger partial charge in [0.1, 0.15) is 6.04 Å². The fourth-order valence-corrected chi connectivity index (χ4v) is 3.17. The van der Waals surface area contributed by atoms with E-state index in [4.69, 9.17) is 5.26 Å². The Balaban J connectivity index is 2.39. The van der Waals surface area contributed by atoms with E-state index >= 15 is 0 Å².